The Morgan fingerprint density at radius 3 is 2.43 bits per heavy atom. The van der Waals surface area contributed by atoms with Gasteiger partial charge in [0.1, 0.15) is 5.37 Å². The van der Waals surface area contributed by atoms with Gasteiger partial charge in [-0.3, -0.25) is 14.5 Å². The number of carbonyl (C=O) groups is 2. The van der Waals surface area contributed by atoms with Crippen LogP contribution >= 0.6 is 11.8 Å². The Morgan fingerprint density at radius 1 is 1.14 bits per heavy atom. The van der Waals surface area contributed by atoms with Gasteiger partial charge in [0.15, 0.2) is 0 Å². The maximum Gasteiger partial charge on any atom is 0.238 e. The molecule has 1 aliphatic heterocycles. The molecule has 1 heterocycles. The third-order valence-corrected chi connectivity index (χ3v) is 5.96. The molecule has 5 nitrogen and oxygen atoms in total. The van der Waals surface area contributed by atoms with Gasteiger partial charge in [-0.05, 0) is 48.4 Å². The normalized spacial score (nSPS) is 16.3. The molecule has 2 aromatic rings. The number of carbonyl (C=O) groups excluding carboxylic acids is 2. The average molecular weight is 398 g/mol. The Hall–Kier alpha value is -2.47. The zero-order valence-electron chi connectivity index (χ0n) is 16.6. The summed E-state index contributed by atoms with van der Waals surface area (Å²) in [7, 11) is 3.99. The Labute approximate surface area is 171 Å². The summed E-state index contributed by atoms with van der Waals surface area (Å²) in [5.41, 5.74) is 3.85. The molecule has 2 aromatic carbocycles. The first-order valence-corrected chi connectivity index (χ1v) is 10.7. The third kappa shape index (κ3) is 4.68. The molecule has 1 aliphatic rings. The molecule has 148 valence electrons. The molecule has 28 heavy (non-hydrogen) atoms. The minimum absolute atomic E-state index is 0.0441. The van der Waals surface area contributed by atoms with E-state index in [1.54, 1.807) is 11.8 Å². The van der Waals surface area contributed by atoms with Crippen LogP contribution in [0.15, 0.2) is 48.5 Å². The first-order chi connectivity index (χ1) is 13.5. The molecule has 1 N–H and O–H groups in total. The highest BCUT2D eigenvalue weighted by molar-refractivity contribution is 8.00. The highest BCUT2D eigenvalue weighted by Crippen LogP contribution is 2.42. The van der Waals surface area contributed by atoms with Crippen LogP contribution < -0.4 is 15.1 Å². The minimum atomic E-state index is -0.0532. The number of hydrogen-bond donors (Lipinski definition) is 1. The lowest BCUT2D eigenvalue weighted by Crippen LogP contribution is -2.27. The van der Waals surface area contributed by atoms with Crippen molar-refractivity contribution < 1.29 is 9.59 Å². The summed E-state index contributed by atoms with van der Waals surface area (Å²) < 4.78 is 0. The van der Waals surface area contributed by atoms with Gasteiger partial charge in [0.2, 0.25) is 11.8 Å². The predicted octanol–water partition coefficient (Wildman–Crippen LogP) is 4.66. The van der Waals surface area contributed by atoms with Crippen molar-refractivity contribution in [3.05, 3.63) is 54.1 Å². The molecule has 0 aromatic heterocycles. The Bertz CT molecular complexity index is 819. The topological polar surface area (TPSA) is 52.7 Å². The van der Waals surface area contributed by atoms with Gasteiger partial charge >= 0.3 is 0 Å². The second kappa shape index (κ2) is 9.15. The summed E-state index contributed by atoms with van der Waals surface area (Å²) in [5.74, 6) is 0.627. The number of thioether (sulfide) groups is 1. The maximum absolute atomic E-state index is 12.5. The van der Waals surface area contributed by atoms with Gasteiger partial charge in [0, 0.05) is 37.6 Å². The van der Waals surface area contributed by atoms with E-state index in [0.717, 1.165) is 35.5 Å². The fourth-order valence-electron chi connectivity index (χ4n) is 3.15. The van der Waals surface area contributed by atoms with Crippen LogP contribution in [-0.4, -0.2) is 31.7 Å². The Balaban J connectivity index is 1.74. The lowest BCUT2D eigenvalue weighted by atomic mass is 10.1. The van der Waals surface area contributed by atoms with E-state index in [1.165, 1.54) is 0 Å². The molecule has 2 amide bonds. The first-order valence-electron chi connectivity index (χ1n) is 9.60. The quantitative estimate of drug-likeness (QED) is 0.738. The van der Waals surface area contributed by atoms with E-state index in [2.05, 4.69) is 12.2 Å². The molecule has 0 radical (unpaired) electrons. The Kier molecular flexibility index (Phi) is 6.62. The van der Waals surface area contributed by atoms with Gasteiger partial charge in [-0.15, -0.1) is 11.8 Å². The molecule has 0 aliphatic carbocycles. The summed E-state index contributed by atoms with van der Waals surface area (Å²) in [6, 6.07) is 15.9. The largest absolute Gasteiger partial charge is 0.378 e. The first kappa shape index (κ1) is 20.3. The van der Waals surface area contributed by atoms with Crippen molar-refractivity contribution in [2.45, 2.75) is 31.6 Å². The van der Waals surface area contributed by atoms with Crippen LogP contribution in [0.1, 0.15) is 37.1 Å². The van der Waals surface area contributed by atoms with Crippen LogP contribution in [0.4, 0.5) is 17.1 Å². The minimum Gasteiger partial charge on any atom is -0.378 e. The van der Waals surface area contributed by atoms with E-state index in [4.69, 9.17) is 0 Å². The van der Waals surface area contributed by atoms with Crippen LogP contribution in [0.2, 0.25) is 0 Å². The molecule has 1 atom stereocenters. The fourth-order valence-corrected chi connectivity index (χ4v) is 4.33. The maximum atomic E-state index is 12.5. The average Bonchev–Trinajstić information content (AvgIpc) is 3.08. The number of rotatable bonds is 7. The second-order valence-corrected chi connectivity index (χ2v) is 8.18. The highest BCUT2D eigenvalue weighted by atomic mass is 32.2. The molecule has 1 saturated heterocycles. The summed E-state index contributed by atoms with van der Waals surface area (Å²) in [4.78, 5) is 28.3. The van der Waals surface area contributed by atoms with Crippen LogP contribution in [0.25, 0.3) is 0 Å². The summed E-state index contributed by atoms with van der Waals surface area (Å²) >= 11 is 1.63. The molecule has 6 heteroatoms. The third-order valence-electron chi connectivity index (χ3n) is 4.75. The molecular formula is C22H27N3O2S. The van der Waals surface area contributed by atoms with Gasteiger partial charge in [-0.25, -0.2) is 0 Å². The molecule has 1 fully saturated rings. The SMILES string of the molecule is CCCCC(=O)Nc1ccc(C2SCC(=O)N2c2ccc(N(C)C)cc2)cc1. The molecule has 0 bridgehead atoms. The van der Waals surface area contributed by atoms with Crippen LogP contribution in [0.3, 0.4) is 0 Å². The van der Waals surface area contributed by atoms with Crippen LogP contribution in [-0.2, 0) is 9.59 Å². The van der Waals surface area contributed by atoms with Crippen molar-refractivity contribution in [3.8, 4) is 0 Å². The zero-order valence-corrected chi connectivity index (χ0v) is 17.5. The van der Waals surface area contributed by atoms with E-state index in [0.29, 0.717) is 12.2 Å². The fraction of sp³-hybridized carbons (Fsp3) is 0.364. The van der Waals surface area contributed by atoms with Crippen molar-refractivity contribution in [1.29, 1.82) is 0 Å². The molecular weight excluding hydrogens is 370 g/mol. The van der Waals surface area contributed by atoms with Crippen LogP contribution in [0.5, 0.6) is 0 Å². The summed E-state index contributed by atoms with van der Waals surface area (Å²) in [6.07, 6.45) is 2.44. The van der Waals surface area contributed by atoms with Crippen molar-refractivity contribution in [2.24, 2.45) is 0 Å². The van der Waals surface area contributed by atoms with Gasteiger partial charge in [0.25, 0.3) is 0 Å². The summed E-state index contributed by atoms with van der Waals surface area (Å²) in [6.45, 7) is 2.07. The van der Waals surface area contributed by atoms with E-state index in [-0.39, 0.29) is 17.2 Å². The van der Waals surface area contributed by atoms with E-state index < -0.39 is 0 Å². The lowest BCUT2D eigenvalue weighted by molar-refractivity contribution is -0.116. The monoisotopic (exact) mass is 397 g/mol. The van der Waals surface area contributed by atoms with E-state index in [9.17, 15) is 9.59 Å². The van der Waals surface area contributed by atoms with Crippen LogP contribution in [0, 0.1) is 0 Å². The van der Waals surface area contributed by atoms with Gasteiger partial charge in [-0.1, -0.05) is 25.5 Å². The van der Waals surface area contributed by atoms with Gasteiger partial charge in [-0.2, -0.15) is 0 Å². The smallest absolute Gasteiger partial charge is 0.238 e. The highest BCUT2D eigenvalue weighted by Gasteiger charge is 2.34. The zero-order chi connectivity index (χ0) is 20.1. The number of benzene rings is 2. The molecule has 0 saturated carbocycles. The van der Waals surface area contributed by atoms with Gasteiger partial charge < -0.3 is 10.2 Å². The number of unbranched alkanes of at least 4 members (excludes halogenated alkanes) is 1. The molecule has 0 spiro atoms. The number of amides is 2. The van der Waals surface area contributed by atoms with Crippen molar-refractivity contribution in [3.63, 3.8) is 0 Å². The van der Waals surface area contributed by atoms with Gasteiger partial charge in [0.05, 0.1) is 5.75 Å². The standard InChI is InChI=1S/C22H27N3O2S/c1-4-5-6-20(26)23-17-9-7-16(8-10-17)22-25(21(27)15-28-22)19-13-11-18(12-14-19)24(2)3/h7-14,22H,4-6,15H2,1-3H3,(H,23,26). The van der Waals surface area contributed by atoms with E-state index in [1.807, 2.05) is 72.4 Å². The summed E-state index contributed by atoms with van der Waals surface area (Å²) in [5, 5.41) is 2.88. The van der Waals surface area contributed by atoms with Crippen molar-refractivity contribution in [2.75, 3.05) is 35.0 Å². The lowest BCUT2D eigenvalue weighted by Gasteiger charge is -2.25. The van der Waals surface area contributed by atoms with Crippen molar-refractivity contribution >= 4 is 40.6 Å². The number of hydrogen-bond acceptors (Lipinski definition) is 4. The second-order valence-electron chi connectivity index (χ2n) is 7.11. The molecule has 1 unspecified atom stereocenters. The number of nitrogens with zero attached hydrogens (tertiary/aromatic N) is 2. The Morgan fingerprint density at radius 2 is 1.82 bits per heavy atom. The van der Waals surface area contributed by atoms with E-state index >= 15 is 0 Å². The number of nitrogens with one attached hydrogen (secondary N) is 1. The number of anilines is 3. The van der Waals surface area contributed by atoms with Crippen molar-refractivity contribution in [1.82, 2.24) is 0 Å². The predicted molar refractivity (Wildman–Crippen MR) is 118 cm³/mol. The molecule has 3 rings (SSSR count).